The Bertz CT molecular complexity index is 1210. The number of hydrogen-bond acceptors (Lipinski definition) is 8. The summed E-state index contributed by atoms with van der Waals surface area (Å²) in [5.74, 6) is -1.43. The summed E-state index contributed by atoms with van der Waals surface area (Å²) < 4.78 is 51.3. The van der Waals surface area contributed by atoms with Crippen molar-refractivity contribution in [2.45, 2.75) is 51.8 Å². The van der Waals surface area contributed by atoms with Gasteiger partial charge in [-0.2, -0.15) is 18.2 Å². The molecule has 2 aromatic heterocycles. The number of carbonyl (C=O) groups is 1. The Morgan fingerprint density at radius 3 is 2.57 bits per heavy atom. The van der Waals surface area contributed by atoms with Crippen LogP contribution in [0.4, 0.5) is 13.2 Å². The molecule has 3 heterocycles. The Morgan fingerprint density at radius 2 is 1.92 bits per heavy atom. The van der Waals surface area contributed by atoms with Crippen LogP contribution in [0.1, 0.15) is 56.1 Å². The van der Waals surface area contributed by atoms with E-state index in [1.165, 1.54) is 0 Å². The van der Waals surface area contributed by atoms with Crippen molar-refractivity contribution >= 4 is 5.97 Å². The number of carboxylic acids is 1. The van der Waals surface area contributed by atoms with Crippen LogP contribution in [0.3, 0.4) is 0 Å². The molecule has 0 bridgehead atoms. The number of benzene rings is 1. The number of likely N-dealkylation sites (tertiary alicyclic amines) is 1. The van der Waals surface area contributed by atoms with Gasteiger partial charge in [-0.1, -0.05) is 48.4 Å². The molecular weight excluding hydrogens is 493 g/mol. The van der Waals surface area contributed by atoms with Crippen molar-refractivity contribution < 1.29 is 37.2 Å². The third-order valence-corrected chi connectivity index (χ3v) is 6.32. The molecule has 12 heteroatoms. The van der Waals surface area contributed by atoms with Crippen LogP contribution in [0.25, 0.3) is 23.0 Å². The van der Waals surface area contributed by atoms with Crippen LogP contribution < -0.4 is 0 Å². The minimum absolute atomic E-state index is 0.0598. The first-order valence-corrected chi connectivity index (χ1v) is 12.1. The molecule has 1 aromatic carbocycles. The van der Waals surface area contributed by atoms with E-state index in [-0.39, 0.29) is 36.3 Å². The van der Waals surface area contributed by atoms with E-state index in [0.29, 0.717) is 24.2 Å². The number of aliphatic carboxylic acids is 1. The van der Waals surface area contributed by atoms with Crippen molar-refractivity contribution in [3.8, 4) is 23.0 Å². The summed E-state index contributed by atoms with van der Waals surface area (Å²) in [6.07, 6.45) is -3.57. The largest absolute Gasteiger partial charge is 0.481 e. The van der Waals surface area contributed by atoms with Gasteiger partial charge in [0, 0.05) is 31.5 Å². The van der Waals surface area contributed by atoms with E-state index in [9.17, 15) is 23.1 Å². The van der Waals surface area contributed by atoms with Crippen molar-refractivity contribution in [3.05, 3.63) is 41.2 Å². The molecule has 1 aliphatic heterocycles. The van der Waals surface area contributed by atoms with Gasteiger partial charge in [0.1, 0.15) is 11.3 Å². The zero-order valence-electron chi connectivity index (χ0n) is 20.5. The van der Waals surface area contributed by atoms with Gasteiger partial charge in [0.2, 0.25) is 5.82 Å². The van der Waals surface area contributed by atoms with Crippen molar-refractivity contribution in [3.63, 3.8) is 0 Å². The molecule has 0 saturated carbocycles. The second-order valence-corrected chi connectivity index (χ2v) is 9.85. The average molecular weight is 523 g/mol. The van der Waals surface area contributed by atoms with E-state index in [1.807, 2.05) is 0 Å². The maximum Gasteiger partial charge on any atom is 0.422 e. The highest BCUT2D eigenvalue weighted by molar-refractivity contribution is 5.67. The molecule has 0 radical (unpaired) electrons. The third-order valence-electron chi connectivity index (χ3n) is 6.32. The van der Waals surface area contributed by atoms with Crippen LogP contribution in [0.5, 0.6) is 0 Å². The number of aliphatic hydroxyl groups excluding tert-OH is 1. The van der Waals surface area contributed by atoms with E-state index >= 15 is 0 Å². The van der Waals surface area contributed by atoms with Gasteiger partial charge < -0.3 is 24.2 Å². The van der Waals surface area contributed by atoms with Crippen LogP contribution >= 0.6 is 0 Å². The molecule has 200 valence electrons. The first kappa shape index (κ1) is 26.8. The smallest absolute Gasteiger partial charge is 0.422 e. The molecule has 9 nitrogen and oxygen atoms in total. The van der Waals surface area contributed by atoms with E-state index in [1.54, 1.807) is 38.1 Å². The maximum atomic E-state index is 13.7. The molecule has 1 saturated heterocycles. The van der Waals surface area contributed by atoms with Gasteiger partial charge in [-0.3, -0.25) is 4.79 Å². The summed E-state index contributed by atoms with van der Waals surface area (Å²) in [5.41, 5.74) is -0.429. The molecule has 1 fully saturated rings. The minimum atomic E-state index is -4.70. The number of hydrogen-bond donors (Lipinski definition) is 2. The molecule has 37 heavy (non-hydrogen) atoms. The van der Waals surface area contributed by atoms with Crippen LogP contribution in [-0.4, -0.2) is 56.0 Å². The Balaban J connectivity index is 1.46. The zero-order chi connectivity index (χ0) is 26.7. The fourth-order valence-electron chi connectivity index (χ4n) is 4.64. The second-order valence-electron chi connectivity index (χ2n) is 9.85. The van der Waals surface area contributed by atoms with Gasteiger partial charge in [-0.05, 0) is 36.8 Å². The van der Waals surface area contributed by atoms with Crippen molar-refractivity contribution in [2.24, 2.45) is 11.8 Å². The lowest BCUT2D eigenvalue weighted by Gasteiger charge is -2.33. The van der Waals surface area contributed by atoms with Crippen LogP contribution in [-0.2, 0) is 17.4 Å². The number of piperidine rings is 1. The van der Waals surface area contributed by atoms with Crippen molar-refractivity contribution in [1.82, 2.24) is 20.2 Å². The number of aromatic nitrogens is 3. The summed E-state index contributed by atoms with van der Waals surface area (Å²) in [6.45, 7) is 5.32. The monoisotopic (exact) mass is 522 g/mol. The SMILES string of the molecule is CC(C)Cc1onc(-c2nc(-c3ccc([C@H](O)CN4CCC[C@H](CC(=O)O)C4)cc3)no2)c1C(F)(F)F. The number of rotatable bonds is 9. The lowest BCUT2D eigenvalue weighted by Crippen LogP contribution is -2.38. The lowest BCUT2D eigenvalue weighted by molar-refractivity contribution is -0.139. The molecule has 1 aliphatic rings. The van der Waals surface area contributed by atoms with Gasteiger partial charge in [-0.25, -0.2) is 0 Å². The highest BCUT2D eigenvalue weighted by atomic mass is 19.4. The number of aliphatic hydroxyl groups is 1. The quantitative estimate of drug-likeness (QED) is 0.406. The standard InChI is InChI=1S/C25H29F3N4O5/c1-14(2)10-19-21(25(26,27)28)22(30-36-19)24-29-23(31-37-24)17-7-5-16(6-8-17)18(33)13-32-9-3-4-15(12-32)11-20(34)35/h5-8,14-15,18,33H,3-4,9-13H2,1-2H3,(H,34,35)/t15-,18-/m1/s1. The molecule has 0 amide bonds. The van der Waals surface area contributed by atoms with Gasteiger partial charge in [0.25, 0.3) is 5.89 Å². The predicted octanol–water partition coefficient (Wildman–Crippen LogP) is 4.83. The highest BCUT2D eigenvalue weighted by Crippen LogP contribution is 2.40. The summed E-state index contributed by atoms with van der Waals surface area (Å²) in [4.78, 5) is 17.2. The van der Waals surface area contributed by atoms with E-state index in [2.05, 4.69) is 20.2 Å². The number of halogens is 3. The fourth-order valence-corrected chi connectivity index (χ4v) is 4.64. The molecule has 2 atom stereocenters. The van der Waals surface area contributed by atoms with Crippen LogP contribution in [0, 0.1) is 11.8 Å². The Hall–Kier alpha value is -3.25. The molecular formula is C25H29F3N4O5. The molecule has 0 unspecified atom stereocenters. The van der Waals surface area contributed by atoms with E-state index < -0.39 is 35.4 Å². The normalized spacial score (nSPS) is 17.9. The molecule has 0 aliphatic carbocycles. The van der Waals surface area contributed by atoms with Crippen molar-refractivity contribution in [2.75, 3.05) is 19.6 Å². The van der Waals surface area contributed by atoms with E-state index in [0.717, 1.165) is 19.4 Å². The number of nitrogens with zero attached hydrogens (tertiary/aromatic N) is 4. The van der Waals surface area contributed by atoms with Crippen LogP contribution in [0.2, 0.25) is 0 Å². The Labute approximate surface area is 211 Å². The van der Waals surface area contributed by atoms with Gasteiger partial charge in [-0.15, -0.1) is 0 Å². The third kappa shape index (κ3) is 6.55. The molecule has 4 rings (SSSR count). The average Bonchev–Trinajstić information content (AvgIpc) is 3.46. The summed E-state index contributed by atoms with van der Waals surface area (Å²) in [5, 5.41) is 27.1. The van der Waals surface area contributed by atoms with Crippen LogP contribution in [0.15, 0.2) is 33.3 Å². The first-order valence-electron chi connectivity index (χ1n) is 12.1. The molecule has 3 aromatic rings. The summed E-state index contributed by atoms with van der Waals surface area (Å²) in [6, 6.07) is 6.67. The van der Waals surface area contributed by atoms with Gasteiger partial charge in [0.05, 0.1) is 6.10 Å². The summed E-state index contributed by atoms with van der Waals surface area (Å²) >= 11 is 0. The minimum Gasteiger partial charge on any atom is -0.481 e. The first-order chi connectivity index (χ1) is 17.5. The van der Waals surface area contributed by atoms with Gasteiger partial charge >= 0.3 is 12.1 Å². The summed E-state index contributed by atoms with van der Waals surface area (Å²) in [7, 11) is 0. The fraction of sp³-hybridized carbons (Fsp3) is 0.520. The number of alkyl halides is 3. The van der Waals surface area contributed by atoms with E-state index in [4.69, 9.17) is 14.2 Å². The number of β-amino-alcohol motifs (C(OH)–C–C–N with tert-alkyl or cyclic N) is 1. The maximum absolute atomic E-state index is 13.7. The topological polar surface area (TPSA) is 126 Å². The highest BCUT2D eigenvalue weighted by Gasteiger charge is 2.42. The molecule has 0 spiro atoms. The van der Waals surface area contributed by atoms with Crippen molar-refractivity contribution in [1.29, 1.82) is 0 Å². The predicted molar refractivity (Wildman–Crippen MR) is 125 cm³/mol. The number of carboxylic acid groups (broad SMARTS) is 1. The zero-order valence-corrected chi connectivity index (χ0v) is 20.5. The second kappa shape index (κ2) is 11.0. The molecule has 2 N–H and O–H groups in total. The Morgan fingerprint density at radius 1 is 1.19 bits per heavy atom. The Kier molecular flexibility index (Phi) is 7.98. The lowest BCUT2D eigenvalue weighted by atomic mass is 9.94. The van der Waals surface area contributed by atoms with Gasteiger partial charge in [0.15, 0.2) is 5.69 Å².